The molecule has 1 N–H and O–H groups in total. The first-order chi connectivity index (χ1) is 8.63. The zero-order valence-electron chi connectivity index (χ0n) is 10.5. The predicted molar refractivity (Wildman–Crippen MR) is 73.9 cm³/mol. The van der Waals surface area contributed by atoms with E-state index in [1.54, 1.807) is 10.6 Å². The van der Waals surface area contributed by atoms with Crippen molar-refractivity contribution in [3.05, 3.63) is 23.4 Å². The van der Waals surface area contributed by atoms with Crippen molar-refractivity contribution in [2.75, 3.05) is 0 Å². The second kappa shape index (κ2) is 4.98. The van der Waals surface area contributed by atoms with Crippen molar-refractivity contribution in [1.82, 2.24) is 14.5 Å². The number of fused-ring (bicyclic) bond motifs is 1. The standard InChI is InChI=1S/C13H16ClN3O/c1-4-8(5-2)17-11-9(6-3)10(14)7-15-12(11)16-13(17)18/h6-8H,3-5H2,1-2H3,(H,15,16,18). The number of hydrogen-bond acceptors (Lipinski definition) is 3. The molecule has 2 aromatic rings. The Hall–Kier alpha value is -1.55. The van der Waals surface area contributed by atoms with Crippen LogP contribution in [0.3, 0.4) is 0 Å². The number of aromatic hydroxyl groups is 1. The third-order valence-corrected chi connectivity index (χ3v) is 3.50. The molecule has 0 saturated heterocycles. The Morgan fingerprint density at radius 1 is 1.50 bits per heavy atom. The number of nitrogens with zero attached hydrogens (tertiary/aromatic N) is 3. The molecule has 0 amide bonds. The molecule has 2 heterocycles. The van der Waals surface area contributed by atoms with Gasteiger partial charge in [-0.05, 0) is 12.8 Å². The van der Waals surface area contributed by atoms with Gasteiger partial charge in [0.25, 0.3) is 6.01 Å². The van der Waals surface area contributed by atoms with Crippen LogP contribution in [0.2, 0.25) is 5.02 Å². The number of rotatable bonds is 4. The van der Waals surface area contributed by atoms with Gasteiger partial charge in [0.1, 0.15) is 0 Å². The summed E-state index contributed by atoms with van der Waals surface area (Å²) >= 11 is 6.12. The molecule has 5 heteroatoms. The molecule has 0 unspecified atom stereocenters. The third kappa shape index (κ3) is 1.86. The van der Waals surface area contributed by atoms with Crippen LogP contribution in [-0.2, 0) is 0 Å². The summed E-state index contributed by atoms with van der Waals surface area (Å²) in [6.45, 7) is 7.92. The Kier molecular flexibility index (Phi) is 3.57. The summed E-state index contributed by atoms with van der Waals surface area (Å²) in [6, 6.07) is 0.158. The molecule has 4 nitrogen and oxygen atoms in total. The van der Waals surface area contributed by atoms with E-state index in [2.05, 4.69) is 30.4 Å². The fourth-order valence-electron chi connectivity index (χ4n) is 2.24. The van der Waals surface area contributed by atoms with Crippen molar-refractivity contribution >= 4 is 28.8 Å². The smallest absolute Gasteiger partial charge is 0.296 e. The molecular formula is C13H16ClN3O. The van der Waals surface area contributed by atoms with Crippen molar-refractivity contribution in [2.24, 2.45) is 0 Å². The zero-order valence-corrected chi connectivity index (χ0v) is 11.3. The van der Waals surface area contributed by atoms with Gasteiger partial charge in [-0.2, -0.15) is 4.98 Å². The number of pyridine rings is 1. The second-order valence-electron chi connectivity index (χ2n) is 4.15. The van der Waals surface area contributed by atoms with Crippen LogP contribution >= 0.6 is 11.6 Å². The fourth-order valence-corrected chi connectivity index (χ4v) is 2.46. The highest BCUT2D eigenvalue weighted by Gasteiger charge is 2.20. The van der Waals surface area contributed by atoms with Crippen LogP contribution in [0.15, 0.2) is 12.8 Å². The average molecular weight is 266 g/mol. The Morgan fingerprint density at radius 2 is 2.17 bits per heavy atom. The van der Waals surface area contributed by atoms with E-state index in [1.165, 1.54) is 6.20 Å². The van der Waals surface area contributed by atoms with Gasteiger partial charge < -0.3 is 5.11 Å². The lowest BCUT2D eigenvalue weighted by Crippen LogP contribution is -2.07. The topological polar surface area (TPSA) is 50.9 Å². The van der Waals surface area contributed by atoms with Gasteiger partial charge in [-0.15, -0.1) is 0 Å². The molecule has 0 spiro atoms. The van der Waals surface area contributed by atoms with E-state index in [4.69, 9.17) is 11.6 Å². The summed E-state index contributed by atoms with van der Waals surface area (Å²) in [5.41, 5.74) is 2.02. The van der Waals surface area contributed by atoms with Gasteiger partial charge in [-0.3, -0.25) is 4.57 Å². The molecule has 2 rings (SSSR count). The molecule has 0 bridgehead atoms. The molecule has 0 radical (unpaired) electrons. The van der Waals surface area contributed by atoms with E-state index in [9.17, 15) is 5.11 Å². The SMILES string of the molecule is C=Cc1c(Cl)cnc2nc(O)n(C(CC)CC)c12. The molecule has 0 atom stereocenters. The second-order valence-corrected chi connectivity index (χ2v) is 4.56. The fraction of sp³-hybridized carbons (Fsp3) is 0.385. The van der Waals surface area contributed by atoms with E-state index in [0.717, 1.165) is 23.9 Å². The first-order valence-corrected chi connectivity index (χ1v) is 6.39. The summed E-state index contributed by atoms with van der Waals surface area (Å²) in [4.78, 5) is 8.23. The average Bonchev–Trinajstić information content (AvgIpc) is 2.69. The summed E-state index contributed by atoms with van der Waals surface area (Å²) in [7, 11) is 0. The van der Waals surface area contributed by atoms with Gasteiger partial charge in [-0.1, -0.05) is 38.1 Å². The van der Waals surface area contributed by atoms with Gasteiger partial charge in [0, 0.05) is 17.8 Å². The minimum Gasteiger partial charge on any atom is -0.480 e. The quantitative estimate of drug-likeness (QED) is 0.915. The maximum Gasteiger partial charge on any atom is 0.296 e. The zero-order chi connectivity index (χ0) is 13.3. The van der Waals surface area contributed by atoms with Crippen molar-refractivity contribution in [3.63, 3.8) is 0 Å². The molecular weight excluding hydrogens is 250 g/mol. The minimum atomic E-state index is -0.0171. The van der Waals surface area contributed by atoms with Gasteiger partial charge >= 0.3 is 0 Å². The normalized spacial score (nSPS) is 11.3. The highest BCUT2D eigenvalue weighted by molar-refractivity contribution is 6.32. The summed E-state index contributed by atoms with van der Waals surface area (Å²) in [5.74, 6) is 0. The van der Waals surface area contributed by atoms with Crippen LogP contribution < -0.4 is 0 Å². The molecule has 0 saturated carbocycles. The van der Waals surface area contributed by atoms with Crippen LogP contribution in [0.4, 0.5) is 0 Å². The largest absolute Gasteiger partial charge is 0.480 e. The van der Waals surface area contributed by atoms with Crippen LogP contribution in [0.25, 0.3) is 17.2 Å². The monoisotopic (exact) mass is 265 g/mol. The molecule has 0 aliphatic carbocycles. The van der Waals surface area contributed by atoms with E-state index < -0.39 is 0 Å². The summed E-state index contributed by atoms with van der Waals surface area (Å²) in [6.07, 6.45) is 5.01. The van der Waals surface area contributed by atoms with Gasteiger partial charge in [0.15, 0.2) is 5.65 Å². The highest BCUT2D eigenvalue weighted by atomic mass is 35.5. The number of imidazole rings is 1. The van der Waals surface area contributed by atoms with Crippen LogP contribution in [0.1, 0.15) is 38.3 Å². The minimum absolute atomic E-state index is 0.0171. The Morgan fingerprint density at radius 3 is 2.72 bits per heavy atom. The summed E-state index contributed by atoms with van der Waals surface area (Å²) in [5, 5.41) is 10.5. The highest BCUT2D eigenvalue weighted by Crippen LogP contribution is 2.33. The lowest BCUT2D eigenvalue weighted by Gasteiger charge is -2.17. The molecule has 2 aromatic heterocycles. The van der Waals surface area contributed by atoms with Crippen molar-refractivity contribution < 1.29 is 5.11 Å². The molecule has 0 aromatic carbocycles. The van der Waals surface area contributed by atoms with Gasteiger partial charge in [-0.25, -0.2) is 4.98 Å². The lowest BCUT2D eigenvalue weighted by molar-refractivity contribution is 0.361. The maximum absolute atomic E-state index is 10.0. The Bertz CT molecular complexity index is 587. The lowest BCUT2D eigenvalue weighted by atomic mass is 10.1. The third-order valence-electron chi connectivity index (χ3n) is 3.20. The first-order valence-electron chi connectivity index (χ1n) is 6.01. The van der Waals surface area contributed by atoms with Crippen LogP contribution in [-0.4, -0.2) is 19.6 Å². The summed E-state index contributed by atoms with van der Waals surface area (Å²) < 4.78 is 1.80. The van der Waals surface area contributed by atoms with E-state index in [0.29, 0.717) is 10.7 Å². The van der Waals surface area contributed by atoms with E-state index in [1.807, 2.05) is 0 Å². The molecule has 18 heavy (non-hydrogen) atoms. The maximum atomic E-state index is 10.0. The van der Waals surface area contributed by atoms with Gasteiger partial charge in [0.05, 0.1) is 10.5 Å². The number of aromatic nitrogens is 3. The predicted octanol–water partition coefficient (Wildman–Crippen LogP) is 3.79. The number of hydrogen-bond donors (Lipinski definition) is 1. The van der Waals surface area contributed by atoms with E-state index >= 15 is 0 Å². The first kappa shape index (κ1) is 12.9. The molecule has 0 aliphatic heterocycles. The molecule has 0 fully saturated rings. The van der Waals surface area contributed by atoms with Crippen LogP contribution in [0, 0.1) is 0 Å². The van der Waals surface area contributed by atoms with E-state index in [-0.39, 0.29) is 12.1 Å². The Balaban J connectivity index is 2.83. The van der Waals surface area contributed by atoms with Crippen LogP contribution in [0.5, 0.6) is 6.01 Å². The number of halogens is 1. The van der Waals surface area contributed by atoms with Crippen molar-refractivity contribution in [1.29, 1.82) is 0 Å². The molecule has 0 aliphatic rings. The van der Waals surface area contributed by atoms with Gasteiger partial charge in [0.2, 0.25) is 0 Å². The molecule has 96 valence electrons. The Labute approximate surface area is 111 Å². The van der Waals surface area contributed by atoms with Crippen molar-refractivity contribution in [3.8, 4) is 6.01 Å². The van der Waals surface area contributed by atoms with Crippen molar-refractivity contribution in [2.45, 2.75) is 32.7 Å².